The molecule has 0 aromatic heterocycles. The van der Waals surface area contributed by atoms with Gasteiger partial charge in [0.25, 0.3) is 15.9 Å². The average molecular weight is 332 g/mol. The number of hydrogen-bond donors (Lipinski definition) is 1. The number of carbonyl (C=O) groups is 1. The summed E-state index contributed by atoms with van der Waals surface area (Å²) in [7, 11) is -3.73. The van der Waals surface area contributed by atoms with Gasteiger partial charge in [0.2, 0.25) is 0 Å². The van der Waals surface area contributed by atoms with Crippen LogP contribution in [0.4, 0.5) is 5.69 Å². The van der Waals surface area contributed by atoms with Crippen molar-refractivity contribution in [1.82, 2.24) is 4.90 Å². The molecule has 0 saturated heterocycles. The molecule has 122 valence electrons. The van der Waals surface area contributed by atoms with Crippen LogP contribution in [0.2, 0.25) is 0 Å². The largest absolute Gasteiger partial charge is 0.339 e. The number of para-hydroxylation sites is 1. The van der Waals surface area contributed by atoms with Gasteiger partial charge in [-0.2, -0.15) is 0 Å². The number of carbonyl (C=O) groups excluding carboxylic acids is 1. The minimum absolute atomic E-state index is 0.0689. The first kappa shape index (κ1) is 17.0. The zero-order valence-corrected chi connectivity index (χ0v) is 14.0. The molecule has 5 nitrogen and oxygen atoms in total. The summed E-state index contributed by atoms with van der Waals surface area (Å²) in [5, 5.41) is 0. The number of hydrogen-bond acceptors (Lipinski definition) is 3. The van der Waals surface area contributed by atoms with Crippen molar-refractivity contribution in [3.8, 4) is 0 Å². The third-order valence-corrected chi connectivity index (χ3v) is 4.85. The summed E-state index contributed by atoms with van der Waals surface area (Å²) in [6, 6.07) is 14.7. The Kier molecular flexibility index (Phi) is 5.39. The summed E-state index contributed by atoms with van der Waals surface area (Å²) in [5.74, 6) is -0.174. The van der Waals surface area contributed by atoms with Gasteiger partial charge in [-0.15, -0.1) is 0 Å². The molecular formula is C17H20N2O3S. The van der Waals surface area contributed by atoms with Gasteiger partial charge < -0.3 is 4.90 Å². The van der Waals surface area contributed by atoms with Crippen LogP contribution in [-0.2, 0) is 10.0 Å². The summed E-state index contributed by atoms with van der Waals surface area (Å²) in [5.41, 5.74) is 0.845. The van der Waals surface area contributed by atoms with Crippen molar-refractivity contribution in [3.05, 3.63) is 60.2 Å². The van der Waals surface area contributed by atoms with Crippen LogP contribution in [0.1, 0.15) is 24.2 Å². The van der Waals surface area contributed by atoms with Crippen LogP contribution in [0.3, 0.4) is 0 Å². The second-order valence-corrected chi connectivity index (χ2v) is 6.66. The molecule has 0 unspecified atom stereocenters. The summed E-state index contributed by atoms with van der Waals surface area (Å²) in [6.07, 6.45) is 0. The molecule has 0 aliphatic carbocycles. The van der Waals surface area contributed by atoms with Gasteiger partial charge in [-0.3, -0.25) is 9.52 Å². The number of nitrogens with one attached hydrogen (secondary N) is 1. The topological polar surface area (TPSA) is 66.5 Å². The van der Waals surface area contributed by atoms with Crippen molar-refractivity contribution in [1.29, 1.82) is 0 Å². The van der Waals surface area contributed by atoms with E-state index in [1.54, 1.807) is 47.4 Å². The lowest BCUT2D eigenvalue weighted by molar-refractivity contribution is 0.0772. The summed E-state index contributed by atoms with van der Waals surface area (Å²) in [4.78, 5) is 14.1. The SMILES string of the molecule is CCN(CC)C(=O)c1cccc(S(=O)(=O)Nc2ccccc2)c1. The fraction of sp³-hybridized carbons (Fsp3) is 0.235. The maximum absolute atomic E-state index is 12.4. The van der Waals surface area contributed by atoms with E-state index >= 15 is 0 Å². The molecule has 1 N–H and O–H groups in total. The van der Waals surface area contributed by atoms with E-state index in [-0.39, 0.29) is 10.8 Å². The molecule has 0 heterocycles. The Hall–Kier alpha value is -2.34. The van der Waals surface area contributed by atoms with E-state index < -0.39 is 10.0 Å². The molecule has 2 rings (SSSR count). The molecule has 0 spiro atoms. The van der Waals surface area contributed by atoms with Gasteiger partial charge in [0.05, 0.1) is 4.90 Å². The normalized spacial score (nSPS) is 11.0. The molecule has 0 atom stereocenters. The predicted molar refractivity (Wildman–Crippen MR) is 90.9 cm³/mol. The standard InChI is InChI=1S/C17H20N2O3S/c1-3-19(4-2)17(20)14-9-8-12-16(13-14)23(21,22)18-15-10-6-5-7-11-15/h5-13,18H,3-4H2,1-2H3. The van der Waals surface area contributed by atoms with Crippen LogP contribution < -0.4 is 4.72 Å². The van der Waals surface area contributed by atoms with Gasteiger partial charge in [0.15, 0.2) is 0 Å². The Bertz CT molecular complexity index is 769. The molecule has 0 saturated carbocycles. The minimum Gasteiger partial charge on any atom is -0.339 e. The Morgan fingerprint density at radius 2 is 1.65 bits per heavy atom. The quantitative estimate of drug-likeness (QED) is 0.884. The van der Waals surface area contributed by atoms with Crippen LogP contribution in [0.15, 0.2) is 59.5 Å². The van der Waals surface area contributed by atoms with Gasteiger partial charge in [0, 0.05) is 24.3 Å². The second-order valence-electron chi connectivity index (χ2n) is 4.98. The first-order valence-corrected chi connectivity index (χ1v) is 8.93. The molecule has 0 radical (unpaired) electrons. The van der Waals surface area contributed by atoms with Crippen LogP contribution in [0.5, 0.6) is 0 Å². The Labute approximate surface area is 137 Å². The molecule has 0 aliphatic rings. The molecule has 0 aliphatic heterocycles. The highest BCUT2D eigenvalue weighted by molar-refractivity contribution is 7.92. The highest BCUT2D eigenvalue weighted by atomic mass is 32.2. The van der Waals surface area contributed by atoms with Crippen molar-refractivity contribution >= 4 is 21.6 Å². The van der Waals surface area contributed by atoms with Crippen molar-refractivity contribution in [2.24, 2.45) is 0 Å². The highest BCUT2D eigenvalue weighted by Gasteiger charge is 2.18. The van der Waals surface area contributed by atoms with Gasteiger partial charge >= 0.3 is 0 Å². The monoisotopic (exact) mass is 332 g/mol. The fourth-order valence-electron chi connectivity index (χ4n) is 2.21. The average Bonchev–Trinajstić information content (AvgIpc) is 2.56. The number of sulfonamides is 1. The molecular weight excluding hydrogens is 312 g/mol. The molecule has 23 heavy (non-hydrogen) atoms. The van der Waals surface area contributed by atoms with E-state index in [1.165, 1.54) is 12.1 Å². The van der Waals surface area contributed by atoms with E-state index in [4.69, 9.17) is 0 Å². The van der Waals surface area contributed by atoms with Crippen LogP contribution >= 0.6 is 0 Å². The number of amides is 1. The lowest BCUT2D eigenvalue weighted by atomic mass is 10.2. The van der Waals surface area contributed by atoms with Gasteiger partial charge in [-0.25, -0.2) is 8.42 Å². The summed E-state index contributed by atoms with van der Waals surface area (Å²) in [6.45, 7) is 4.93. The Balaban J connectivity index is 2.30. The first-order valence-electron chi connectivity index (χ1n) is 7.45. The minimum atomic E-state index is -3.73. The molecule has 1 amide bonds. The number of nitrogens with zero attached hydrogens (tertiary/aromatic N) is 1. The van der Waals surface area contributed by atoms with Crippen molar-refractivity contribution in [3.63, 3.8) is 0 Å². The van der Waals surface area contributed by atoms with Crippen LogP contribution in [0.25, 0.3) is 0 Å². The van der Waals surface area contributed by atoms with Crippen molar-refractivity contribution in [2.45, 2.75) is 18.7 Å². The fourth-order valence-corrected chi connectivity index (χ4v) is 3.31. The molecule has 2 aromatic rings. The first-order chi connectivity index (χ1) is 11.0. The predicted octanol–water partition coefficient (Wildman–Crippen LogP) is 2.97. The van der Waals surface area contributed by atoms with Crippen LogP contribution in [0, 0.1) is 0 Å². The van der Waals surface area contributed by atoms with Gasteiger partial charge in [-0.1, -0.05) is 24.3 Å². The maximum atomic E-state index is 12.4. The Morgan fingerprint density at radius 3 is 2.26 bits per heavy atom. The van der Waals surface area contributed by atoms with Gasteiger partial charge in [-0.05, 0) is 44.2 Å². The lowest BCUT2D eigenvalue weighted by Gasteiger charge is -2.19. The zero-order chi connectivity index (χ0) is 16.9. The van der Waals surface area contributed by atoms with E-state index in [2.05, 4.69) is 4.72 Å². The molecule has 0 fully saturated rings. The van der Waals surface area contributed by atoms with E-state index in [1.807, 2.05) is 13.8 Å². The molecule has 2 aromatic carbocycles. The lowest BCUT2D eigenvalue weighted by Crippen LogP contribution is -2.30. The van der Waals surface area contributed by atoms with E-state index in [0.717, 1.165) is 0 Å². The van der Waals surface area contributed by atoms with Gasteiger partial charge in [0.1, 0.15) is 0 Å². The zero-order valence-electron chi connectivity index (χ0n) is 13.2. The maximum Gasteiger partial charge on any atom is 0.261 e. The molecule has 6 heteroatoms. The second kappa shape index (κ2) is 7.28. The Morgan fingerprint density at radius 1 is 1.00 bits per heavy atom. The number of benzene rings is 2. The third kappa shape index (κ3) is 4.10. The van der Waals surface area contributed by atoms with Crippen molar-refractivity contribution in [2.75, 3.05) is 17.8 Å². The van der Waals surface area contributed by atoms with E-state index in [0.29, 0.717) is 24.3 Å². The molecule has 0 bridgehead atoms. The smallest absolute Gasteiger partial charge is 0.261 e. The third-order valence-electron chi connectivity index (χ3n) is 3.47. The summed E-state index contributed by atoms with van der Waals surface area (Å²) < 4.78 is 27.4. The van der Waals surface area contributed by atoms with E-state index in [9.17, 15) is 13.2 Å². The number of rotatable bonds is 6. The van der Waals surface area contributed by atoms with Crippen LogP contribution in [-0.4, -0.2) is 32.3 Å². The summed E-state index contributed by atoms with van der Waals surface area (Å²) >= 11 is 0. The van der Waals surface area contributed by atoms with Crippen molar-refractivity contribution < 1.29 is 13.2 Å². The number of anilines is 1. The highest BCUT2D eigenvalue weighted by Crippen LogP contribution is 2.17.